The van der Waals surface area contributed by atoms with Gasteiger partial charge in [-0.1, -0.05) is 32.6 Å². The summed E-state index contributed by atoms with van der Waals surface area (Å²) >= 11 is 0. The Labute approximate surface area is 128 Å². The number of nitrogens with zero attached hydrogens (tertiary/aromatic N) is 3. The van der Waals surface area contributed by atoms with Crippen LogP contribution in [0.4, 0.5) is 0 Å². The van der Waals surface area contributed by atoms with E-state index in [4.69, 9.17) is 0 Å². The van der Waals surface area contributed by atoms with Gasteiger partial charge in [0.1, 0.15) is 11.6 Å². The van der Waals surface area contributed by atoms with Crippen LogP contribution in [0.25, 0.3) is 0 Å². The van der Waals surface area contributed by atoms with Crippen molar-refractivity contribution in [2.75, 3.05) is 13.1 Å². The van der Waals surface area contributed by atoms with Crippen LogP contribution >= 0.6 is 0 Å². The summed E-state index contributed by atoms with van der Waals surface area (Å²) < 4.78 is 2.52. The lowest BCUT2D eigenvalue weighted by molar-refractivity contribution is 0.247. The second-order valence-electron chi connectivity index (χ2n) is 7.04. The molecule has 0 radical (unpaired) electrons. The highest BCUT2D eigenvalue weighted by Gasteiger charge is 2.39. The summed E-state index contributed by atoms with van der Waals surface area (Å²) in [6.07, 6.45) is 11.7. The van der Waals surface area contributed by atoms with Crippen LogP contribution < -0.4 is 5.32 Å². The molecular weight excluding hydrogens is 260 g/mol. The third-order valence-corrected chi connectivity index (χ3v) is 5.48. The fourth-order valence-electron chi connectivity index (χ4n) is 4.47. The van der Waals surface area contributed by atoms with Crippen molar-refractivity contribution in [3.63, 3.8) is 0 Å². The van der Waals surface area contributed by atoms with Gasteiger partial charge >= 0.3 is 0 Å². The molecule has 1 aliphatic heterocycles. The summed E-state index contributed by atoms with van der Waals surface area (Å²) in [7, 11) is 0. The van der Waals surface area contributed by atoms with E-state index in [1.165, 1.54) is 63.6 Å². The van der Waals surface area contributed by atoms with Gasteiger partial charge in [-0.25, -0.2) is 0 Å². The zero-order valence-electron chi connectivity index (χ0n) is 13.7. The van der Waals surface area contributed by atoms with Gasteiger partial charge in [0.15, 0.2) is 0 Å². The maximum Gasteiger partial charge on any atom is 0.140 e. The third kappa shape index (κ3) is 2.87. The van der Waals surface area contributed by atoms with Crippen molar-refractivity contribution in [2.45, 2.75) is 83.1 Å². The zero-order valence-corrected chi connectivity index (χ0v) is 13.7. The molecule has 4 heteroatoms. The Morgan fingerprint density at radius 1 is 1.19 bits per heavy atom. The van der Waals surface area contributed by atoms with E-state index < -0.39 is 0 Å². The molecule has 2 heterocycles. The highest BCUT2D eigenvalue weighted by molar-refractivity contribution is 5.14. The standard InChI is InChI=1S/C17H30N4/c1-3-10-17(11-7-12-18-13-17)16-20-19-14(2)21(16)15-8-5-4-6-9-15/h15,18H,3-13H2,1-2H3. The summed E-state index contributed by atoms with van der Waals surface area (Å²) in [5, 5.41) is 12.8. The molecule has 1 aromatic heterocycles. The number of piperidine rings is 1. The zero-order chi connectivity index (χ0) is 14.7. The van der Waals surface area contributed by atoms with Crippen LogP contribution in [0, 0.1) is 6.92 Å². The van der Waals surface area contributed by atoms with Gasteiger partial charge in [-0.2, -0.15) is 0 Å². The van der Waals surface area contributed by atoms with Crippen LogP contribution in [0.3, 0.4) is 0 Å². The van der Waals surface area contributed by atoms with Crippen LogP contribution in [-0.4, -0.2) is 27.9 Å². The molecule has 2 aliphatic rings. The molecule has 1 aliphatic carbocycles. The minimum Gasteiger partial charge on any atom is -0.316 e. The van der Waals surface area contributed by atoms with Crippen molar-refractivity contribution in [3.05, 3.63) is 11.6 Å². The molecule has 21 heavy (non-hydrogen) atoms. The molecule has 0 aromatic carbocycles. The van der Waals surface area contributed by atoms with Crippen molar-refractivity contribution >= 4 is 0 Å². The number of aryl methyl sites for hydroxylation is 1. The van der Waals surface area contributed by atoms with Gasteiger partial charge in [-0.3, -0.25) is 0 Å². The first-order valence-electron chi connectivity index (χ1n) is 8.89. The van der Waals surface area contributed by atoms with Gasteiger partial charge in [0.05, 0.1) is 0 Å². The van der Waals surface area contributed by atoms with E-state index in [0.717, 1.165) is 18.9 Å². The molecule has 1 saturated heterocycles. The fraction of sp³-hybridized carbons (Fsp3) is 0.882. The second kappa shape index (κ2) is 6.47. The highest BCUT2D eigenvalue weighted by Crippen LogP contribution is 2.38. The fourth-order valence-corrected chi connectivity index (χ4v) is 4.47. The smallest absolute Gasteiger partial charge is 0.140 e. The summed E-state index contributed by atoms with van der Waals surface area (Å²) in [6, 6.07) is 0.638. The first kappa shape index (κ1) is 15.0. The highest BCUT2D eigenvalue weighted by atomic mass is 15.3. The van der Waals surface area contributed by atoms with Gasteiger partial charge < -0.3 is 9.88 Å². The molecule has 118 valence electrons. The van der Waals surface area contributed by atoms with Crippen molar-refractivity contribution in [3.8, 4) is 0 Å². The molecule has 1 saturated carbocycles. The van der Waals surface area contributed by atoms with Gasteiger partial charge in [0, 0.05) is 18.0 Å². The van der Waals surface area contributed by atoms with Crippen molar-refractivity contribution in [1.82, 2.24) is 20.1 Å². The van der Waals surface area contributed by atoms with Crippen LogP contribution in [0.2, 0.25) is 0 Å². The van der Waals surface area contributed by atoms with Gasteiger partial charge in [-0.05, 0) is 45.6 Å². The second-order valence-corrected chi connectivity index (χ2v) is 7.04. The molecule has 0 bridgehead atoms. The van der Waals surface area contributed by atoms with Crippen LogP contribution in [0.1, 0.15) is 82.4 Å². The number of hydrogen-bond acceptors (Lipinski definition) is 3. The molecule has 2 fully saturated rings. The van der Waals surface area contributed by atoms with E-state index in [9.17, 15) is 0 Å². The van der Waals surface area contributed by atoms with Crippen molar-refractivity contribution in [2.24, 2.45) is 0 Å². The Morgan fingerprint density at radius 2 is 2.00 bits per heavy atom. The Kier molecular flexibility index (Phi) is 4.63. The minimum absolute atomic E-state index is 0.214. The molecule has 0 spiro atoms. The average Bonchev–Trinajstić information content (AvgIpc) is 2.92. The molecule has 1 atom stereocenters. The van der Waals surface area contributed by atoms with Crippen LogP contribution in [0.15, 0.2) is 0 Å². The van der Waals surface area contributed by atoms with Gasteiger partial charge in [-0.15, -0.1) is 10.2 Å². The summed E-state index contributed by atoms with van der Waals surface area (Å²) in [6.45, 7) is 6.67. The Balaban J connectivity index is 1.95. The first-order chi connectivity index (χ1) is 10.3. The van der Waals surface area contributed by atoms with E-state index in [1.54, 1.807) is 0 Å². The first-order valence-corrected chi connectivity index (χ1v) is 8.89. The molecule has 1 unspecified atom stereocenters. The normalized spacial score (nSPS) is 27.9. The lowest BCUT2D eigenvalue weighted by Crippen LogP contribution is -2.45. The van der Waals surface area contributed by atoms with Crippen LogP contribution in [0.5, 0.6) is 0 Å². The molecule has 0 amide bonds. The van der Waals surface area contributed by atoms with E-state index in [2.05, 4.69) is 33.9 Å². The topological polar surface area (TPSA) is 42.7 Å². The maximum absolute atomic E-state index is 4.68. The molecule has 1 aromatic rings. The summed E-state index contributed by atoms with van der Waals surface area (Å²) in [5.74, 6) is 2.40. The average molecular weight is 290 g/mol. The van der Waals surface area contributed by atoms with E-state index in [0.29, 0.717) is 6.04 Å². The van der Waals surface area contributed by atoms with Crippen molar-refractivity contribution < 1.29 is 0 Å². The Morgan fingerprint density at radius 3 is 2.67 bits per heavy atom. The Hall–Kier alpha value is -0.900. The summed E-state index contributed by atoms with van der Waals surface area (Å²) in [5.41, 5.74) is 0.214. The largest absolute Gasteiger partial charge is 0.316 e. The molecule has 4 nitrogen and oxygen atoms in total. The third-order valence-electron chi connectivity index (χ3n) is 5.48. The number of nitrogens with one attached hydrogen (secondary N) is 1. The van der Waals surface area contributed by atoms with Gasteiger partial charge in [0.2, 0.25) is 0 Å². The monoisotopic (exact) mass is 290 g/mol. The van der Waals surface area contributed by atoms with E-state index >= 15 is 0 Å². The lowest BCUT2D eigenvalue weighted by Gasteiger charge is -2.38. The molecule has 3 rings (SSSR count). The Bertz CT molecular complexity index is 448. The predicted molar refractivity (Wildman–Crippen MR) is 85.6 cm³/mol. The number of aromatic nitrogens is 3. The van der Waals surface area contributed by atoms with Gasteiger partial charge in [0.25, 0.3) is 0 Å². The molecule has 1 N–H and O–H groups in total. The molecular formula is C17H30N4. The lowest BCUT2D eigenvalue weighted by atomic mass is 9.75. The van der Waals surface area contributed by atoms with E-state index in [1.807, 2.05) is 0 Å². The van der Waals surface area contributed by atoms with Crippen molar-refractivity contribution in [1.29, 1.82) is 0 Å². The quantitative estimate of drug-likeness (QED) is 0.922. The maximum atomic E-state index is 4.68. The number of rotatable bonds is 4. The van der Waals surface area contributed by atoms with E-state index in [-0.39, 0.29) is 5.41 Å². The SMILES string of the molecule is CCCC1(c2nnc(C)n2C2CCCCC2)CCCNC1. The predicted octanol–water partition coefficient (Wildman–Crippen LogP) is 3.51. The minimum atomic E-state index is 0.214. The number of hydrogen-bond donors (Lipinski definition) is 1. The summed E-state index contributed by atoms with van der Waals surface area (Å²) in [4.78, 5) is 0. The van der Waals surface area contributed by atoms with Crippen LogP contribution in [-0.2, 0) is 5.41 Å².